The highest BCUT2D eigenvalue weighted by Gasteiger charge is 2.11. The van der Waals surface area contributed by atoms with E-state index in [4.69, 9.17) is 4.74 Å². The van der Waals surface area contributed by atoms with Crippen LogP contribution in [0.2, 0.25) is 0 Å². The molecular weight excluding hydrogens is 280 g/mol. The van der Waals surface area contributed by atoms with Gasteiger partial charge in [0.05, 0.1) is 12.2 Å². The monoisotopic (exact) mass is 308 g/mol. The molecule has 1 aromatic heterocycles. The number of amides is 1. The van der Waals surface area contributed by atoms with Gasteiger partial charge in [-0.1, -0.05) is 0 Å². The maximum atomic E-state index is 12.0. The number of carbonyl (C=O) groups excluding carboxylic acids is 1. The normalized spacial score (nSPS) is 10.8. The lowest BCUT2D eigenvalue weighted by Crippen LogP contribution is -2.33. The van der Waals surface area contributed by atoms with Gasteiger partial charge in [-0.2, -0.15) is 0 Å². The first-order chi connectivity index (χ1) is 10.6. The van der Waals surface area contributed by atoms with Crippen molar-refractivity contribution in [1.82, 2.24) is 15.6 Å². The van der Waals surface area contributed by atoms with E-state index < -0.39 is 0 Å². The fraction of sp³-hybridized carbons (Fsp3) is 0.625. The van der Waals surface area contributed by atoms with E-state index in [0.29, 0.717) is 24.8 Å². The van der Waals surface area contributed by atoms with Crippen molar-refractivity contribution >= 4 is 11.7 Å². The topological polar surface area (TPSA) is 66.5 Å². The number of methoxy groups -OCH3 is 1. The van der Waals surface area contributed by atoms with Crippen molar-refractivity contribution in [1.29, 1.82) is 0 Å². The Morgan fingerprint density at radius 3 is 2.64 bits per heavy atom. The third kappa shape index (κ3) is 5.99. The maximum absolute atomic E-state index is 12.0. The summed E-state index contributed by atoms with van der Waals surface area (Å²) in [4.78, 5) is 18.6. The van der Waals surface area contributed by atoms with Crippen LogP contribution in [0, 0.1) is 0 Å². The van der Waals surface area contributed by atoms with Gasteiger partial charge in [-0.3, -0.25) is 4.79 Å². The largest absolute Gasteiger partial charge is 0.383 e. The number of pyridine rings is 1. The summed E-state index contributed by atoms with van der Waals surface area (Å²) >= 11 is 0. The summed E-state index contributed by atoms with van der Waals surface area (Å²) in [6, 6.07) is 4.10. The number of hydrogen-bond donors (Lipinski definition) is 2. The van der Waals surface area contributed by atoms with E-state index in [0.717, 1.165) is 25.5 Å². The van der Waals surface area contributed by atoms with Gasteiger partial charge in [0.15, 0.2) is 0 Å². The molecule has 0 fully saturated rings. The highest BCUT2D eigenvalue weighted by molar-refractivity contribution is 5.94. The zero-order valence-corrected chi connectivity index (χ0v) is 14.1. The van der Waals surface area contributed by atoms with Gasteiger partial charge in [0, 0.05) is 45.5 Å². The van der Waals surface area contributed by atoms with Gasteiger partial charge in [0.25, 0.3) is 5.91 Å². The van der Waals surface area contributed by atoms with E-state index in [9.17, 15) is 4.79 Å². The molecule has 22 heavy (non-hydrogen) atoms. The van der Waals surface area contributed by atoms with Crippen LogP contribution in [0.5, 0.6) is 0 Å². The Hall–Kier alpha value is -1.66. The van der Waals surface area contributed by atoms with E-state index in [-0.39, 0.29) is 5.91 Å². The molecular formula is C16H28N4O2. The minimum atomic E-state index is -0.0970. The van der Waals surface area contributed by atoms with Gasteiger partial charge in [-0.25, -0.2) is 4.98 Å². The van der Waals surface area contributed by atoms with E-state index in [1.54, 1.807) is 13.3 Å². The van der Waals surface area contributed by atoms with E-state index in [1.807, 2.05) is 12.1 Å². The van der Waals surface area contributed by atoms with Crippen LogP contribution in [0.3, 0.4) is 0 Å². The minimum Gasteiger partial charge on any atom is -0.383 e. The second-order valence-corrected chi connectivity index (χ2v) is 5.28. The molecule has 0 saturated heterocycles. The van der Waals surface area contributed by atoms with Crippen LogP contribution in [-0.4, -0.2) is 56.8 Å². The van der Waals surface area contributed by atoms with Gasteiger partial charge < -0.3 is 20.3 Å². The Kier molecular flexibility index (Phi) is 8.47. The molecule has 0 atom stereocenters. The summed E-state index contributed by atoms with van der Waals surface area (Å²) in [5.41, 5.74) is 0.584. The summed E-state index contributed by atoms with van der Waals surface area (Å²) in [6.45, 7) is 10.00. The molecule has 0 aliphatic carbocycles. The fourth-order valence-electron chi connectivity index (χ4n) is 2.15. The van der Waals surface area contributed by atoms with Crippen LogP contribution in [0.1, 0.15) is 31.1 Å². The second kappa shape index (κ2) is 10.1. The molecule has 0 spiro atoms. The number of hydrogen-bond acceptors (Lipinski definition) is 5. The van der Waals surface area contributed by atoms with Crippen molar-refractivity contribution in [3.8, 4) is 0 Å². The molecule has 6 nitrogen and oxygen atoms in total. The first kappa shape index (κ1) is 18.4. The third-order valence-corrected chi connectivity index (χ3v) is 3.34. The Bertz CT molecular complexity index is 434. The zero-order valence-electron chi connectivity index (χ0n) is 14.1. The van der Waals surface area contributed by atoms with Crippen molar-refractivity contribution in [3.05, 3.63) is 23.9 Å². The number of rotatable bonds is 10. The first-order valence-corrected chi connectivity index (χ1v) is 7.80. The lowest BCUT2D eigenvalue weighted by Gasteiger charge is -2.26. The molecule has 0 bridgehead atoms. The standard InChI is InChI=1S/C16H28N4O2/c1-5-20(13(2)3)15-7-6-14(12-19-15)16(21)18-9-8-17-10-11-22-4/h6-7,12-13,17H,5,8-11H2,1-4H3,(H,18,21). The molecule has 1 rings (SSSR count). The highest BCUT2D eigenvalue weighted by atomic mass is 16.5. The van der Waals surface area contributed by atoms with Crippen molar-refractivity contribution in [2.75, 3.05) is 44.8 Å². The van der Waals surface area contributed by atoms with Crippen molar-refractivity contribution in [2.45, 2.75) is 26.8 Å². The zero-order chi connectivity index (χ0) is 16.4. The van der Waals surface area contributed by atoms with Gasteiger partial charge in [0.2, 0.25) is 0 Å². The predicted octanol–water partition coefficient (Wildman–Crippen LogP) is 1.28. The molecule has 0 saturated carbocycles. The van der Waals surface area contributed by atoms with Crippen LogP contribution < -0.4 is 15.5 Å². The van der Waals surface area contributed by atoms with Gasteiger partial charge in [0.1, 0.15) is 5.82 Å². The number of ether oxygens (including phenoxy) is 1. The molecule has 2 N–H and O–H groups in total. The SMILES string of the molecule is CCN(c1ccc(C(=O)NCCNCCOC)cn1)C(C)C. The Labute approximate surface area is 133 Å². The molecule has 1 aromatic rings. The molecule has 1 amide bonds. The maximum Gasteiger partial charge on any atom is 0.252 e. The van der Waals surface area contributed by atoms with Crippen LogP contribution in [-0.2, 0) is 4.74 Å². The van der Waals surface area contributed by atoms with Crippen LogP contribution in [0.25, 0.3) is 0 Å². The molecule has 124 valence electrons. The third-order valence-electron chi connectivity index (χ3n) is 3.34. The van der Waals surface area contributed by atoms with Crippen LogP contribution >= 0.6 is 0 Å². The molecule has 0 aromatic carbocycles. The smallest absolute Gasteiger partial charge is 0.252 e. The number of aromatic nitrogens is 1. The van der Waals surface area contributed by atoms with Crippen LogP contribution in [0.15, 0.2) is 18.3 Å². The summed E-state index contributed by atoms with van der Waals surface area (Å²) < 4.78 is 4.93. The van der Waals surface area contributed by atoms with E-state index >= 15 is 0 Å². The average molecular weight is 308 g/mol. The number of nitrogens with one attached hydrogen (secondary N) is 2. The summed E-state index contributed by atoms with van der Waals surface area (Å²) in [6.07, 6.45) is 1.63. The Morgan fingerprint density at radius 2 is 2.09 bits per heavy atom. The Balaban J connectivity index is 2.43. The lowest BCUT2D eigenvalue weighted by atomic mass is 10.2. The second-order valence-electron chi connectivity index (χ2n) is 5.28. The average Bonchev–Trinajstić information content (AvgIpc) is 2.51. The number of nitrogens with zero attached hydrogens (tertiary/aromatic N) is 2. The predicted molar refractivity (Wildman–Crippen MR) is 89.5 cm³/mol. The van der Waals surface area contributed by atoms with E-state index in [2.05, 4.69) is 41.3 Å². The van der Waals surface area contributed by atoms with Gasteiger partial charge in [-0.05, 0) is 32.9 Å². The minimum absolute atomic E-state index is 0.0970. The van der Waals surface area contributed by atoms with Gasteiger partial charge >= 0.3 is 0 Å². The lowest BCUT2D eigenvalue weighted by molar-refractivity contribution is 0.0953. The molecule has 0 aliphatic heterocycles. The van der Waals surface area contributed by atoms with E-state index in [1.165, 1.54) is 0 Å². The van der Waals surface area contributed by atoms with Crippen molar-refractivity contribution < 1.29 is 9.53 Å². The van der Waals surface area contributed by atoms with Crippen molar-refractivity contribution in [3.63, 3.8) is 0 Å². The number of anilines is 1. The van der Waals surface area contributed by atoms with Gasteiger partial charge in [-0.15, -0.1) is 0 Å². The van der Waals surface area contributed by atoms with Crippen molar-refractivity contribution in [2.24, 2.45) is 0 Å². The molecule has 0 radical (unpaired) electrons. The molecule has 0 aliphatic rings. The Morgan fingerprint density at radius 1 is 1.32 bits per heavy atom. The quantitative estimate of drug-likeness (QED) is 0.638. The summed E-state index contributed by atoms with van der Waals surface area (Å²) in [5, 5.41) is 6.04. The molecule has 6 heteroatoms. The summed E-state index contributed by atoms with van der Waals surface area (Å²) in [7, 11) is 1.67. The fourth-order valence-corrected chi connectivity index (χ4v) is 2.15. The molecule has 1 heterocycles. The summed E-state index contributed by atoms with van der Waals surface area (Å²) in [5.74, 6) is 0.801. The molecule has 0 unspecified atom stereocenters. The number of carbonyl (C=O) groups is 1. The highest BCUT2D eigenvalue weighted by Crippen LogP contribution is 2.13. The van der Waals surface area contributed by atoms with Crippen LogP contribution in [0.4, 0.5) is 5.82 Å². The first-order valence-electron chi connectivity index (χ1n) is 7.80.